The van der Waals surface area contributed by atoms with E-state index in [2.05, 4.69) is 0 Å². The van der Waals surface area contributed by atoms with Gasteiger partial charge in [-0.15, -0.1) is 0 Å². The van der Waals surface area contributed by atoms with E-state index in [-0.39, 0.29) is 26.2 Å². The van der Waals surface area contributed by atoms with Crippen molar-refractivity contribution in [3.8, 4) is 0 Å². The second kappa shape index (κ2) is 15.8. The Balaban J connectivity index is -0.0000000575. The molecule has 0 rings (SSSR count). The Morgan fingerprint density at radius 3 is 1.25 bits per heavy atom. The average molecular weight is 319 g/mol. The monoisotopic (exact) mass is 319 g/mol. The smallest absolute Gasteiger partial charge is 0.734 e. The minimum Gasteiger partial charge on any atom is -0.734 e. The van der Waals surface area contributed by atoms with Crippen molar-refractivity contribution in [1.29, 1.82) is 0 Å². The summed E-state index contributed by atoms with van der Waals surface area (Å²) < 4.78 is 0. The van der Waals surface area contributed by atoms with Crippen LogP contribution in [0.3, 0.4) is 0 Å². The van der Waals surface area contributed by atoms with Crippen LogP contribution in [-0.4, -0.2) is 31.3 Å². The van der Waals surface area contributed by atoms with Gasteiger partial charge in [-0.05, 0) is 0 Å². The van der Waals surface area contributed by atoms with Gasteiger partial charge in [-0.25, -0.2) is 0 Å². The van der Waals surface area contributed by atoms with Crippen molar-refractivity contribution in [3.63, 3.8) is 0 Å². The first kappa shape index (κ1) is 15.7. The van der Waals surface area contributed by atoms with Crippen molar-refractivity contribution in [1.82, 2.24) is 0 Å². The van der Waals surface area contributed by atoms with E-state index in [9.17, 15) is 0 Å². The fraction of sp³-hybridized carbons (Fsp3) is 0. The van der Waals surface area contributed by atoms with Gasteiger partial charge in [-0.1, -0.05) is 0 Å². The molecule has 8 heteroatoms. The molecule has 0 aliphatic rings. The summed E-state index contributed by atoms with van der Waals surface area (Å²) in [4.78, 5) is 8.25. The van der Waals surface area contributed by atoms with Crippen LogP contribution in [0.2, 0.25) is 0 Å². The van der Waals surface area contributed by atoms with Gasteiger partial charge < -0.3 is 30.9 Å². The van der Waals surface area contributed by atoms with Gasteiger partial charge in [-0.2, -0.15) is 0 Å². The Hall–Kier alpha value is -0.0369. The molecule has 0 heterocycles. The average Bonchev–Trinajstić information content (AvgIpc) is 1.33. The van der Waals surface area contributed by atoms with Gasteiger partial charge in [0.25, 0.3) is 0 Å². The molecule has 46 valence electrons. The van der Waals surface area contributed by atoms with E-state index in [1.807, 2.05) is 0 Å². The van der Waals surface area contributed by atoms with Crippen LogP contribution in [0.25, 0.3) is 0 Å². The SMILES string of the molecule is O=[N+]([O-])[O-].[Bi+3].[O-]O[O-]. The van der Waals surface area contributed by atoms with E-state index >= 15 is 0 Å². The maximum absolute atomic E-state index is 8.25. The van der Waals surface area contributed by atoms with Crippen LogP contribution >= 0.6 is 0 Å². The van der Waals surface area contributed by atoms with Crippen molar-refractivity contribution in [2.75, 3.05) is 0 Å². The van der Waals surface area contributed by atoms with Crippen molar-refractivity contribution < 1.29 is 20.6 Å². The predicted molar refractivity (Wildman–Crippen MR) is 17.2 cm³/mol. The van der Waals surface area contributed by atoms with E-state index in [0.29, 0.717) is 0 Å². The van der Waals surface area contributed by atoms with Crippen LogP contribution in [-0.2, 0) is 5.04 Å². The number of hydrogen-bond acceptors (Lipinski definition) is 6. The zero-order valence-corrected chi connectivity index (χ0v) is 6.82. The van der Waals surface area contributed by atoms with Gasteiger partial charge in [0.1, 0.15) is 0 Å². The minimum atomic E-state index is -1.75. The van der Waals surface area contributed by atoms with Crippen LogP contribution in [0.1, 0.15) is 0 Å². The molecule has 0 saturated carbocycles. The van der Waals surface area contributed by atoms with Crippen LogP contribution in [0.5, 0.6) is 0 Å². The molecule has 0 spiro atoms. The van der Waals surface area contributed by atoms with Gasteiger partial charge in [0.2, 0.25) is 0 Å². The first-order valence-electron chi connectivity index (χ1n) is 0.881. The Kier molecular flexibility index (Phi) is 30.9. The first-order valence-corrected chi connectivity index (χ1v) is 0.881. The molecule has 0 N–H and O–H groups in total. The molecule has 0 aliphatic heterocycles. The second-order valence-electron chi connectivity index (χ2n) is 0.292. The third-order valence-electron chi connectivity index (χ3n) is 0. The summed E-state index contributed by atoms with van der Waals surface area (Å²) >= 11 is 0. The number of nitrogens with zero attached hydrogens (tertiary/aromatic N) is 1. The second-order valence-corrected chi connectivity index (χ2v) is 0.292. The van der Waals surface area contributed by atoms with Crippen LogP contribution in [0.15, 0.2) is 0 Å². The summed E-state index contributed by atoms with van der Waals surface area (Å²) in [5.41, 5.74) is 0. The van der Waals surface area contributed by atoms with Gasteiger partial charge in [-0.3, -0.25) is 0 Å². The molecule has 7 nitrogen and oxygen atoms in total. The summed E-state index contributed by atoms with van der Waals surface area (Å²) in [6.45, 7) is 0. The van der Waals surface area contributed by atoms with Gasteiger partial charge >= 0.3 is 26.2 Å². The quantitative estimate of drug-likeness (QED) is 0.202. The molecule has 0 amide bonds. The van der Waals surface area contributed by atoms with E-state index in [1.165, 1.54) is 0 Å². The Labute approximate surface area is 62.6 Å². The molecule has 0 saturated heterocycles. The molecule has 8 heavy (non-hydrogen) atoms. The van der Waals surface area contributed by atoms with E-state index in [4.69, 9.17) is 25.8 Å². The van der Waals surface area contributed by atoms with Crippen molar-refractivity contribution in [2.24, 2.45) is 0 Å². The molecule has 0 bridgehead atoms. The summed E-state index contributed by atoms with van der Waals surface area (Å²) in [5.74, 6) is 0. The van der Waals surface area contributed by atoms with E-state index in [1.54, 1.807) is 5.04 Å². The zero-order chi connectivity index (χ0) is 6.28. The van der Waals surface area contributed by atoms with Crippen LogP contribution in [0.4, 0.5) is 0 Å². The molecule has 0 aromatic carbocycles. The first-order chi connectivity index (χ1) is 3.15. The maximum atomic E-state index is 8.25. The largest absolute Gasteiger partial charge is 3.00 e. The number of rotatable bonds is 0. The predicted octanol–water partition coefficient (Wildman–Crippen LogP) is -3.07. The Bertz CT molecular complexity index is 39.8. The molecule has 0 unspecified atom stereocenters. The topological polar surface area (TPSA) is 122 Å². The molecule has 0 atom stereocenters. The van der Waals surface area contributed by atoms with Crippen molar-refractivity contribution in [2.45, 2.75) is 0 Å². The van der Waals surface area contributed by atoms with E-state index < -0.39 is 5.09 Å². The normalized spacial score (nSPS) is 5.25. The fourth-order valence-corrected chi connectivity index (χ4v) is 0. The third kappa shape index (κ3) is 108000. The molecule has 0 aromatic heterocycles. The Morgan fingerprint density at radius 2 is 1.25 bits per heavy atom. The number of hydrogen-bond donors (Lipinski definition) is 0. The van der Waals surface area contributed by atoms with Gasteiger partial charge in [0, 0.05) is 0 Å². The van der Waals surface area contributed by atoms with Gasteiger partial charge in [0.15, 0.2) is 0 Å². The fourth-order valence-electron chi connectivity index (χ4n) is 0. The molecule has 2 radical (unpaired) electrons. The molecular formula is BiNO6. The molecule has 0 fully saturated rings. The summed E-state index contributed by atoms with van der Waals surface area (Å²) in [5, 5.41) is 32.2. The summed E-state index contributed by atoms with van der Waals surface area (Å²) in [6, 6.07) is 0. The molecule has 0 aliphatic carbocycles. The minimum absolute atomic E-state index is 0. The third-order valence-corrected chi connectivity index (χ3v) is 0. The Morgan fingerprint density at radius 1 is 1.25 bits per heavy atom. The maximum Gasteiger partial charge on any atom is 3.00 e. The summed E-state index contributed by atoms with van der Waals surface area (Å²) in [6.07, 6.45) is 0. The summed E-state index contributed by atoms with van der Waals surface area (Å²) in [7, 11) is 0. The van der Waals surface area contributed by atoms with Crippen LogP contribution < -0.4 is 10.5 Å². The zero-order valence-electron chi connectivity index (χ0n) is 3.34. The van der Waals surface area contributed by atoms with Gasteiger partial charge in [0.05, 0.1) is 5.09 Å². The van der Waals surface area contributed by atoms with Crippen LogP contribution in [0, 0.1) is 15.3 Å². The molecule has 0 aromatic rings. The van der Waals surface area contributed by atoms with Crippen molar-refractivity contribution >= 4 is 26.2 Å². The van der Waals surface area contributed by atoms with E-state index in [0.717, 1.165) is 0 Å². The van der Waals surface area contributed by atoms with Crippen molar-refractivity contribution in [3.05, 3.63) is 15.3 Å². The molecular weight excluding hydrogens is 319 g/mol. The standard InChI is InChI=1S/Bi.NO3.H2O3/c;2-1(3)4;1-3-2/h;;1-2H/q+3;-1;/p-2.